The molecule has 3 nitrogen and oxygen atoms in total. The quantitative estimate of drug-likeness (QED) is 0.685. The zero-order valence-electron chi connectivity index (χ0n) is 9.05. The molecule has 0 heterocycles. The molecule has 1 atom stereocenters. The molecule has 0 saturated carbocycles. The van der Waals surface area contributed by atoms with Gasteiger partial charge in [0.2, 0.25) is 0 Å². The van der Waals surface area contributed by atoms with E-state index in [2.05, 4.69) is 21.2 Å². The normalized spacial score (nSPS) is 12.8. The van der Waals surface area contributed by atoms with E-state index in [-0.39, 0.29) is 11.9 Å². The number of nitrogens with two attached hydrogens (primary N) is 2. The Balaban J connectivity index is 2.34. The van der Waals surface area contributed by atoms with Gasteiger partial charge in [-0.25, -0.2) is 4.39 Å². The topological polar surface area (TPSA) is 64.1 Å². The van der Waals surface area contributed by atoms with Gasteiger partial charge < -0.3 is 16.8 Å². The maximum absolute atomic E-state index is 13.3. The Labute approximate surface area is 104 Å². The summed E-state index contributed by atoms with van der Waals surface area (Å²) in [5.74, 6) is -0.173. The highest BCUT2D eigenvalue weighted by Gasteiger charge is 2.03. The molecular formula is C11H17BrFN3. The van der Waals surface area contributed by atoms with Crippen molar-refractivity contribution in [3.8, 4) is 0 Å². The van der Waals surface area contributed by atoms with Crippen LogP contribution in [0.1, 0.15) is 5.56 Å². The third-order valence-corrected chi connectivity index (χ3v) is 2.78. The average Bonchev–Trinajstić information content (AvgIpc) is 2.28. The summed E-state index contributed by atoms with van der Waals surface area (Å²) in [4.78, 5) is 0. The van der Waals surface area contributed by atoms with Crippen LogP contribution >= 0.6 is 15.9 Å². The minimum atomic E-state index is -0.173. The summed E-state index contributed by atoms with van der Waals surface area (Å²) < 4.78 is 14.2. The number of hydrogen-bond donors (Lipinski definition) is 3. The van der Waals surface area contributed by atoms with Crippen molar-refractivity contribution in [2.45, 2.75) is 12.5 Å². The summed E-state index contributed by atoms with van der Waals surface area (Å²) in [5.41, 5.74) is 11.7. The van der Waals surface area contributed by atoms with Gasteiger partial charge in [0.1, 0.15) is 5.82 Å². The monoisotopic (exact) mass is 289 g/mol. The fraction of sp³-hybridized carbons (Fsp3) is 0.455. The van der Waals surface area contributed by atoms with E-state index in [0.717, 1.165) is 4.47 Å². The Kier molecular flexibility index (Phi) is 5.90. The Bertz CT molecular complexity index is 333. The highest BCUT2D eigenvalue weighted by molar-refractivity contribution is 9.10. The van der Waals surface area contributed by atoms with E-state index in [4.69, 9.17) is 11.5 Å². The summed E-state index contributed by atoms with van der Waals surface area (Å²) >= 11 is 3.32. The molecule has 1 unspecified atom stereocenters. The van der Waals surface area contributed by atoms with Gasteiger partial charge >= 0.3 is 0 Å². The smallest absolute Gasteiger partial charge is 0.126 e. The van der Waals surface area contributed by atoms with Crippen LogP contribution in [0.3, 0.4) is 0 Å². The molecule has 0 aliphatic heterocycles. The average molecular weight is 290 g/mol. The first-order valence-corrected chi connectivity index (χ1v) is 6.03. The van der Waals surface area contributed by atoms with E-state index >= 15 is 0 Å². The van der Waals surface area contributed by atoms with Gasteiger partial charge in [0.25, 0.3) is 0 Å². The number of hydrogen-bond acceptors (Lipinski definition) is 3. The fourth-order valence-corrected chi connectivity index (χ4v) is 1.74. The molecular weight excluding hydrogens is 273 g/mol. The van der Waals surface area contributed by atoms with Gasteiger partial charge in [0.15, 0.2) is 0 Å². The van der Waals surface area contributed by atoms with Crippen LogP contribution in [-0.2, 0) is 6.42 Å². The summed E-state index contributed by atoms with van der Waals surface area (Å²) in [6.07, 6.45) is 0.641. The predicted molar refractivity (Wildman–Crippen MR) is 67.7 cm³/mol. The highest BCUT2D eigenvalue weighted by Crippen LogP contribution is 2.15. The molecule has 0 amide bonds. The molecule has 0 saturated heterocycles. The lowest BCUT2D eigenvalue weighted by Crippen LogP contribution is -2.40. The third kappa shape index (κ3) is 4.57. The largest absolute Gasteiger partial charge is 0.329 e. The second-order valence-electron chi connectivity index (χ2n) is 3.69. The first kappa shape index (κ1) is 13.6. The van der Waals surface area contributed by atoms with Crippen LogP contribution in [0.4, 0.5) is 4.39 Å². The van der Waals surface area contributed by atoms with Gasteiger partial charge in [0, 0.05) is 23.6 Å². The lowest BCUT2D eigenvalue weighted by Gasteiger charge is -2.10. The molecule has 1 aromatic rings. The number of rotatable bonds is 6. The highest BCUT2D eigenvalue weighted by atomic mass is 79.9. The van der Waals surface area contributed by atoms with Crippen LogP contribution in [0, 0.1) is 5.82 Å². The molecule has 1 aromatic carbocycles. The molecule has 0 bridgehead atoms. The second-order valence-corrected chi connectivity index (χ2v) is 4.60. The number of benzene rings is 1. The first-order valence-electron chi connectivity index (χ1n) is 5.23. The summed E-state index contributed by atoms with van der Waals surface area (Å²) in [6, 6.07) is 4.91. The van der Waals surface area contributed by atoms with Crippen molar-refractivity contribution in [2.75, 3.05) is 19.6 Å². The van der Waals surface area contributed by atoms with Crippen molar-refractivity contribution in [1.29, 1.82) is 0 Å². The van der Waals surface area contributed by atoms with Crippen LogP contribution in [0.2, 0.25) is 0 Å². The van der Waals surface area contributed by atoms with Crippen LogP contribution in [0.5, 0.6) is 0 Å². The fourth-order valence-electron chi connectivity index (χ4n) is 1.33. The van der Waals surface area contributed by atoms with Gasteiger partial charge in [-0.1, -0.05) is 15.9 Å². The number of halogens is 2. The van der Waals surface area contributed by atoms with Crippen LogP contribution in [0.25, 0.3) is 0 Å². The molecule has 0 aliphatic rings. The summed E-state index contributed by atoms with van der Waals surface area (Å²) in [7, 11) is 0. The van der Waals surface area contributed by atoms with E-state index in [1.54, 1.807) is 12.1 Å². The van der Waals surface area contributed by atoms with Crippen molar-refractivity contribution in [3.05, 3.63) is 34.1 Å². The molecule has 0 aliphatic carbocycles. The predicted octanol–water partition coefficient (Wildman–Crippen LogP) is 1.01. The molecule has 16 heavy (non-hydrogen) atoms. The van der Waals surface area contributed by atoms with E-state index < -0.39 is 0 Å². The maximum Gasteiger partial charge on any atom is 0.126 e. The maximum atomic E-state index is 13.3. The first-order chi connectivity index (χ1) is 7.63. The van der Waals surface area contributed by atoms with Crippen molar-refractivity contribution in [2.24, 2.45) is 11.5 Å². The van der Waals surface area contributed by atoms with Gasteiger partial charge in [-0.05, 0) is 36.7 Å². The van der Waals surface area contributed by atoms with Gasteiger partial charge in [-0.3, -0.25) is 0 Å². The molecule has 1 rings (SSSR count). The standard InChI is InChI=1S/C11H17BrFN3/c12-9-1-2-11(13)8(5-9)3-4-16-7-10(15)6-14/h1-2,5,10,16H,3-4,6-7,14-15H2. The Morgan fingerprint density at radius 3 is 2.88 bits per heavy atom. The lowest BCUT2D eigenvalue weighted by atomic mass is 10.1. The molecule has 5 N–H and O–H groups in total. The van der Waals surface area contributed by atoms with E-state index in [1.807, 2.05) is 0 Å². The van der Waals surface area contributed by atoms with E-state index in [0.29, 0.717) is 31.6 Å². The van der Waals surface area contributed by atoms with Gasteiger partial charge in [-0.2, -0.15) is 0 Å². The van der Waals surface area contributed by atoms with Gasteiger partial charge in [0.05, 0.1) is 0 Å². The Hall–Kier alpha value is -0.490. The van der Waals surface area contributed by atoms with E-state index in [9.17, 15) is 4.39 Å². The van der Waals surface area contributed by atoms with Crippen molar-refractivity contribution in [1.82, 2.24) is 5.32 Å². The van der Waals surface area contributed by atoms with Crippen LogP contribution in [0.15, 0.2) is 22.7 Å². The van der Waals surface area contributed by atoms with Crippen LogP contribution < -0.4 is 16.8 Å². The van der Waals surface area contributed by atoms with Gasteiger partial charge in [-0.15, -0.1) is 0 Å². The molecule has 0 fully saturated rings. The van der Waals surface area contributed by atoms with Crippen molar-refractivity contribution in [3.63, 3.8) is 0 Å². The molecule has 0 aromatic heterocycles. The van der Waals surface area contributed by atoms with Crippen LogP contribution in [-0.4, -0.2) is 25.7 Å². The Morgan fingerprint density at radius 1 is 1.44 bits per heavy atom. The second kappa shape index (κ2) is 6.96. The minimum absolute atomic E-state index is 0.0349. The third-order valence-electron chi connectivity index (χ3n) is 2.29. The Morgan fingerprint density at radius 2 is 2.19 bits per heavy atom. The molecule has 5 heteroatoms. The zero-order valence-corrected chi connectivity index (χ0v) is 10.6. The van der Waals surface area contributed by atoms with Crippen molar-refractivity contribution >= 4 is 15.9 Å². The van der Waals surface area contributed by atoms with Crippen molar-refractivity contribution < 1.29 is 4.39 Å². The lowest BCUT2D eigenvalue weighted by molar-refractivity contribution is 0.568. The van der Waals surface area contributed by atoms with E-state index in [1.165, 1.54) is 6.07 Å². The minimum Gasteiger partial charge on any atom is -0.329 e. The SMILES string of the molecule is NCC(N)CNCCc1cc(Br)ccc1F. The summed E-state index contributed by atoms with van der Waals surface area (Å²) in [6.45, 7) is 1.81. The summed E-state index contributed by atoms with van der Waals surface area (Å²) in [5, 5.41) is 3.14. The molecule has 0 radical (unpaired) electrons. The zero-order chi connectivity index (χ0) is 12.0. The molecule has 90 valence electrons. The molecule has 0 spiro atoms. The number of nitrogens with one attached hydrogen (secondary N) is 1.